The first kappa shape index (κ1) is 14.2. The molecule has 0 spiro atoms. The van der Waals surface area contributed by atoms with Crippen molar-refractivity contribution >= 4 is 5.91 Å². The van der Waals surface area contributed by atoms with Gasteiger partial charge in [-0.05, 0) is 6.92 Å². The molecule has 0 aromatic heterocycles. The molecular weight excluding hydrogens is 215 g/mol. The van der Waals surface area contributed by atoms with Crippen LogP contribution in [0.1, 0.15) is 6.92 Å². The molecule has 2 atom stereocenters. The third-order valence-corrected chi connectivity index (χ3v) is 1.74. The lowest BCUT2D eigenvalue weighted by atomic mass is 10.3. The molecule has 0 aliphatic rings. The zero-order valence-electron chi connectivity index (χ0n) is 8.75. The number of rotatable bonds is 6. The summed E-state index contributed by atoms with van der Waals surface area (Å²) in [6.07, 6.45) is -6.02. The first-order chi connectivity index (χ1) is 6.93. The van der Waals surface area contributed by atoms with Crippen LogP contribution in [0, 0.1) is 0 Å². The van der Waals surface area contributed by atoms with Gasteiger partial charge in [0.1, 0.15) is 18.9 Å². The van der Waals surface area contributed by atoms with Crippen molar-refractivity contribution in [2.75, 3.05) is 20.8 Å². The normalized spacial score (nSPS) is 15.1. The quantitative estimate of drug-likeness (QED) is 0.638. The van der Waals surface area contributed by atoms with E-state index in [1.165, 1.54) is 21.1 Å². The van der Waals surface area contributed by atoms with Crippen LogP contribution in [0.15, 0.2) is 0 Å². The molecule has 0 heterocycles. The van der Waals surface area contributed by atoms with Crippen molar-refractivity contribution in [3.8, 4) is 0 Å². The Bertz CT molecular complexity index is 204. The molecule has 15 heavy (non-hydrogen) atoms. The van der Waals surface area contributed by atoms with Crippen LogP contribution in [-0.2, 0) is 14.4 Å². The number of ether oxygens (including phenoxy) is 1. The third kappa shape index (κ3) is 4.48. The van der Waals surface area contributed by atoms with E-state index in [0.717, 1.165) is 5.06 Å². The average Bonchev–Trinajstić information content (AvgIpc) is 2.22. The van der Waals surface area contributed by atoms with E-state index in [0.29, 0.717) is 0 Å². The first-order valence-electron chi connectivity index (χ1n) is 4.25. The minimum absolute atomic E-state index is 0.656. The molecule has 0 radical (unpaired) electrons. The highest BCUT2D eigenvalue weighted by Crippen LogP contribution is 2.10. The summed E-state index contributed by atoms with van der Waals surface area (Å²) in [5.74, 6) is -0.656. The fourth-order valence-electron chi connectivity index (χ4n) is 0.829. The predicted octanol–water partition coefficient (Wildman–Crippen LogP) is 1.01. The standard InChI is InChI=1S/C8H14F3NO3/c1-5(8(13)12(2)14-3)15-6(4-9)7(10)11/h5-7H,4H2,1-3H3. The Balaban J connectivity index is 4.21. The topological polar surface area (TPSA) is 38.8 Å². The van der Waals surface area contributed by atoms with Crippen LogP contribution in [0.2, 0.25) is 0 Å². The summed E-state index contributed by atoms with van der Waals surface area (Å²) in [6, 6.07) is 0. The summed E-state index contributed by atoms with van der Waals surface area (Å²) in [5.41, 5.74) is 0. The maximum atomic E-state index is 12.1. The Labute approximate surface area is 85.9 Å². The number of hydrogen-bond donors (Lipinski definition) is 0. The second-order valence-corrected chi connectivity index (χ2v) is 2.82. The number of hydroxylamine groups is 2. The van der Waals surface area contributed by atoms with E-state index in [-0.39, 0.29) is 0 Å². The first-order valence-corrected chi connectivity index (χ1v) is 4.25. The molecule has 7 heteroatoms. The van der Waals surface area contributed by atoms with E-state index in [2.05, 4.69) is 9.57 Å². The van der Waals surface area contributed by atoms with E-state index < -0.39 is 31.2 Å². The van der Waals surface area contributed by atoms with E-state index in [4.69, 9.17) is 0 Å². The van der Waals surface area contributed by atoms with Crippen LogP contribution in [-0.4, -0.2) is 50.4 Å². The molecule has 2 unspecified atom stereocenters. The van der Waals surface area contributed by atoms with Crippen molar-refractivity contribution in [3.05, 3.63) is 0 Å². The lowest BCUT2D eigenvalue weighted by Crippen LogP contribution is -2.39. The fourth-order valence-corrected chi connectivity index (χ4v) is 0.829. The molecule has 0 saturated heterocycles. The number of carbonyl (C=O) groups excluding carboxylic acids is 1. The van der Waals surface area contributed by atoms with Crippen LogP contribution in [0.5, 0.6) is 0 Å². The molecule has 0 aromatic rings. The molecule has 1 amide bonds. The van der Waals surface area contributed by atoms with E-state index in [1.807, 2.05) is 0 Å². The summed E-state index contributed by atoms with van der Waals surface area (Å²) in [4.78, 5) is 15.8. The summed E-state index contributed by atoms with van der Waals surface area (Å²) in [7, 11) is 2.54. The van der Waals surface area contributed by atoms with Gasteiger partial charge in [-0.1, -0.05) is 0 Å². The van der Waals surface area contributed by atoms with Gasteiger partial charge in [-0.15, -0.1) is 0 Å². The van der Waals surface area contributed by atoms with Gasteiger partial charge in [-0.25, -0.2) is 18.2 Å². The number of alkyl halides is 3. The van der Waals surface area contributed by atoms with E-state index in [1.54, 1.807) is 0 Å². The highest BCUT2D eigenvalue weighted by atomic mass is 19.3. The Morgan fingerprint density at radius 1 is 1.47 bits per heavy atom. The Hall–Kier alpha value is -0.820. The molecular formula is C8H14F3NO3. The molecule has 0 fully saturated rings. The number of nitrogens with zero attached hydrogens (tertiary/aromatic N) is 1. The highest BCUT2D eigenvalue weighted by molar-refractivity contribution is 5.79. The highest BCUT2D eigenvalue weighted by Gasteiger charge is 2.27. The SMILES string of the molecule is CON(C)C(=O)C(C)OC(CF)C(F)F. The second-order valence-electron chi connectivity index (χ2n) is 2.82. The lowest BCUT2D eigenvalue weighted by molar-refractivity contribution is -0.187. The number of halogens is 3. The van der Waals surface area contributed by atoms with Gasteiger partial charge in [0.15, 0.2) is 0 Å². The Morgan fingerprint density at radius 3 is 2.33 bits per heavy atom. The van der Waals surface area contributed by atoms with Gasteiger partial charge in [0.25, 0.3) is 12.3 Å². The summed E-state index contributed by atoms with van der Waals surface area (Å²) < 4.78 is 40.8. The van der Waals surface area contributed by atoms with E-state index >= 15 is 0 Å². The summed E-state index contributed by atoms with van der Waals surface area (Å²) in [6.45, 7) is -0.0884. The van der Waals surface area contributed by atoms with Gasteiger partial charge in [0, 0.05) is 7.05 Å². The average molecular weight is 229 g/mol. The van der Waals surface area contributed by atoms with Gasteiger partial charge >= 0.3 is 0 Å². The molecule has 0 bridgehead atoms. The fraction of sp³-hybridized carbons (Fsp3) is 0.875. The predicted molar refractivity (Wildman–Crippen MR) is 46.1 cm³/mol. The van der Waals surface area contributed by atoms with Crippen molar-refractivity contribution in [1.29, 1.82) is 0 Å². The maximum Gasteiger partial charge on any atom is 0.274 e. The van der Waals surface area contributed by atoms with Crippen LogP contribution < -0.4 is 0 Å². The smallest absolute Gasteiger partial charge is 0.274 e. The summed E-state index contributed by atoms with van der Waals surface area (Å²) >= 11 is 0. The minimum atomic E-state index is -2.96. The number of hydrogen-bond acceptors (Lipinski definition) is 3. The van der Waals surface area contributed by atoms with Crippen molar-refractivity contribution in [3.63, 3.8) is 0 Å². The monoisotopic (exact) mass is 229 g/mol. The molecule has 0 aromatic carbocycles. The molecule has 0 rings (SSSR count). The molecule has 0 aliphatic carbocycles. The molecule has 0 saturated carbocycles. The number of likely N-dealkylation sites (N-methyl/N-ethyl adjacent to an activating group) is 1. The maximum absolute atomic E-state index is 12.1. The van der Waals surface area contributed by atoms with Crippen molar-refractivity contribution in [2.24, 2.45) is 0 Å². The molecule has 4 nitrogen and oxygen atoms in total. The Kier molecular flexibility index (Phi) is 6.26. The van der Waals surface area contributed by atoms with Crippen LogP contribution in [0.3, 0.4) is 0 Å². The summed E-state index contributed by atoms with van der Waals surface area (Å²) in [5, 5.41) is 0.825. The zero-order valence-corrected chi connectivity index (χ0v) is 8.75. The van der Waals surface area contributed by atoms with Crippen LogP contribution in [0.25, 0.3) is 0 Å². The second kappa shape index (κ2) is 6.62. The largest absolute Gasteiger partial charge is 0.357 e. The van der Waals surface area contributed by atoms with Gasteiger partial charge in [-0.3, -0.25) is 9.63 Å². The number of amides is 1. The zero-order chi connectivity index (χ0) is 12.0. The van der Waals surface area contributed by atoms with Gasteiger partial charge in [-0.2, -0.15) is 0 Å². The number of carbonyl (C=O) groups is 1. The molecule has 0 N–H and O–H groups in total. The van der Waals surface area contributed by atoms with Crippen LogP contribution in [0.4, 0.5) is 13.2 Å². The van der Waals surface area contributed by atoms with Crippen molar-refractivity contribution in [2.45, 2.75) is 25.6 Å². The van der Waals surface area contributed by atoms with Gasteiger partial charge < -0.3 is 4.74 Å². The van der Waals surface area contributed by atoms with Gasteiger partial charge in [0.05, 0.1) is 7.11 Å². The Morgan fingerprint density at radius 2 is 2.00 bits per heavy atom. The van der Waals surface area contributed by atoms with Crippen molar-refractivity contribution < 1.29 is 27.5 Å². The molecule has 90 valence electrons. The minimum Gasteiger partial charge on any atom is -0.357 e. The van der Waals surface area contributed by atoms with Crippen molar-refractivity contribution in [1.82, 2.24) is 5.06 Å². The molecule has 0 aliphatic heterocycles. The van der Waals surface area contributed by atoms with Crippen LogP contribution >= 0.6 is 0 Å². The van der Waals surface area contributed by atoms with Gasteiger partial charge in [0.2, 0.25) is 0 Å². The van der Waals surface area contributed by atoms with E-state index in [9.17, 15) is 18.0 Å². The third-order valence-electron chi connectivity index (χ3n) is 1.74. The lowest BCUT2D eigenvalue weighted by Gasteiger charge is -2.22.